The fraction of sp³-hybridized carbons (Fsp3) is 0.556. The molecule has 1 rings (SSSR count). The highest BCUT2D eigenvalue weighted by Crippen LogP contribution is 2.16. The van der Waals surface area contributed by atoms with Crippen LogP contribution < -0.4 is 5.32 Å². The Labute approximate surface area is 124 Å². The number of rotatable bonds is 9. The van der Waals surface area contributed by atoms with Crippen LogP contribution in [0, 0.1) is 0 Å². The third kappa shape index (κ3) is 5.89. The molecule has 112 valence electrons. The van der Waals surface area contributed by atoms with Gasteiger partial charge in [-0.1, -0.05) is 57.2 Å². The summed E-state index contributed by atoms with van der Waals surface area (Å²) in [6, 6.07) is 9.07. The first kappa shape index (κ1) is 16.9. The number of hydrogen-bond acceptors (Lipinski definition) is 2. The molecule has 0 heterocycles. The van der Waals surface area contributed by atoms with Gasteiger partial charge in [0.25, 0.3) is 0 Å². The van der Waals surface area contributed by atoms with E-state index in [2.05, 4.69) is 68.8 Å². The van der Waals surface area contributed by atoms with Crippen molar-refractivity contribution in [2.75, 3.05) is 26.2 Å². The second-order valence-electron chi connectivity index (χ2n) is 5.71. The van der Waals surface area contributed by atoms with E-state index in [1.807, 2.05) is 0 Å². The maximum absolute atomic E-state index is 4.00. The molecule has 0 amide bonds. The molecule has 0 radical (unpaired) electrons. The predicted octanol–water partition coefficient (Wildman–Crippen LogP) is 3.80. The van der Waals surface area contributed by atoms with Crippen molar-refractivity contribution in [3.63, 3.8) is 0 Å². The average Bonchev–Trinajstić information content (AvgIpc) is 2.44. The van der Waals surface area contributed by atoms with E-state index in [9.17, 15) is 0 Å². The van der Waals surface area contributed by atoms with Crippen LogP contribution in [-0.4, -0.2) is 31.1 Å². The Morgan fingerprint density at radius 3 is 2.40 bits per heavy atom. The summed E-state index contributed by atoms with van der Waals surface area (Å²) in [7, 11) is 0. The Bertz CT molecular complexity index is 394. The Kier molecular flexibility index (Phi) is 7.56. The molecule has 0 aliphatic carbocycles. The molecule has 0 spiro atoms. The normalized spacial score (nSPS) is 12.7. The lowest BCUT2D eigenvalue weighted by molar-refractivity contribution is 0.304. The van der Waals surface area contributed by atoms with Crippen molar-refractivity contribution in [1.29, 1.82) is 0 Å². The Balaban J connectivity index is 2.59. The molecule has 1 unspecified atom stereocenters. The van der Waals surface area contributed by atoms with Gasteiger partial charge >= 0.3 is 0 Å². The minimum Gasteiger partial charge on any atom is -0.316 e. The van der Waals surface area contributed by atoms with Crippen molar-refractivity contribution in [3.05, 3.63) is 47.5 Å². The van der Waals surface area contributed by atoms with Crippen molar-refractivity contribution in [2.24, 2.45) is 0 Å². The fourth-order valence-corrected chi connectivity index (χ4v) is 2.35. The van der Waals surface area contributed by atoms with Crippen LogP contribution in [-0.2, 0) is 6.54 Å². The average molecular weight is 274 g/mol. The smallest absolute Gasteiger partial charge is 0.0237 e. The van der Waals surface area contributed by atoms with Gasteiger partial charge in [-0.3, -0.25) is 4.90 Å². The first-order valence-electron chi connectivity index (χ1n) is 7.73. The molecule has 0 saturated carbocycles. The standard InChI is InChI=1S/C18H30N2/c1-6-19-12-16(5)18-10-8-17(9-11-18)14-20(7-2)13-15(3)4/h8-11,16,19H,3,6-7,12-14H2,1-2,4-5H3. The summed E-state index contributed by atoms with van der Waals surface area (Å²) in [6.07, 6.45) is 0. The van der Waals surface area contributed by atoms with Crippen LogP contribution in [0.15, 0.2) is 36.4 Å². The fourth-order valence-electron chi connectivity index (χ4n) is 2.35. The van der Waals surface area contributed by atoms with Gasteiger partial charge in [0.2, 0.25) is 0 Å². The summed E-state index contributed by atoms with van der Waals surface area (Å²) in [5.41, 5.74) is 4.02. The second kappa shape index (κ2) is 8.93. The molecule has 2 heteroatoms. The minimum absolute atomic E-state index is 0.571. The molecule has 1 atom stereocenters. The van der Waals surface area contributed by atoms with E-state index in [4.69, 9.17) is 0 Å². The van der Waals surface area contributed by atoms with Crippen LogP contribution in [0.2, 0.25) is 0 Å². The summed E-state index contributed by atoms with van der Waals surface area (Å²) in [6.45, 7) is 17.9. The van der Waals surface area contributed by atoms with Crippen LogP contribution in [0.5, 0.6) is 0 Å². The monoisotopic (exact) mass is 274 g/mol. The molecule has 0 fully saturated rings. The molecule has 0 aromatic heterocycles. The SMILES string of the molecule is C=C(C)CN(CC)Cc1ccc(C(C)CNCC)cc1. The van der Waals surface area contributed by atoms with E-state index in [1.165, 1.54) is 16.7 Å². The zero-order valence-electron chi connectivity index (χ0n) is 13.6. The van der Waals surface area contributed by atoms with Crippen molar-refractivity contribution in [2.45, 2.75) is 40.2 Å². The molecular weight excluding hydrogens is 244 g/mol. The lowest BCUT2D eigenvalue weighted by atomic mass is 9.99. The largest absolute Gasteiger partial charge is 0.316 e. The lowest BCUT2D eigenvalue weighted by Crippen LogP contribution is -2.24. The van der Waals surface area contributed by atoms with E-state index in [-0.39, 0.29) is 0 Å². The minimum atomic E-state index is 0.571. The molecule has 0 aliphatic heterocycles. The van der Waals surface area contributed by atoms with E-state index in [0.29, 0.717) is 5.92 Å². The van der Waals surface area contributed by atoms with Gasteiger partial charge in [-0.05, 0) is 37.1 Å². The van der Waals surface area contributed by atoms with Crippen molar-refractivity contribution in [1.82, 2.24) is 10.2 Å². The molecule has 0 saturated heterocycles. The van der Waals surface area contributed by atoms with Gasteiger partial charge in [-0.2, -0.15) is 0 Å². The summed E-state index contributed by atoms with van der Waals surface area (Å²) < 4.78 is 0. The van der Waals surface area contributed by atoms with Gasteiger partial charge in [0, 0.05) is 19.6 Å². The zero-order valence-corrected chi connectivity index (χ0v) is 13.6. The van der Waals surface area contributed by atoms with E-state index < -0.39 is 0 Å². The van der Waals surface area contributed by atoms with Crippen LogP contribution >= 0.6 is 0 Å². The molecule has 0 bridgehead atoms. The number of likely N-dealkylation sites (N-methyl/N-ethyl adjacent to an activating group) is 2. The van der Waals surface area contributed by atoms with E-state index in [1.54, 1.807) is 0 Å². The third-order valence-corrected chi connectivity index (χ3v) is 3.60. The molecule has 2 nitrogen and oxygen atoms in total. The van der Waals surface area contributed by atoms with Gasteiger partial charge in [0.15, 0.2) is 0 Å². The predicted molar refractivity (Wildman–Crippen MR) is 89.2 cm³/mol. The highest BCUT2D eigenvalue weighted by Gasteiger charge is 2.07. The topological polar surface area (TPSA) is 15.3 Å². The number of nitrogens with one attached hydrogen (secondary N) is 1. The summed E-state index contributed by atoms with van der Waals surface area (Å²) >= 11 is 0. The van der Waals surface area contributed by atoms with Gasteiger partial charge in [0.1, 0.15) is 0 Å². The second-order valence-corrected chi connectivity index (χ2v) is 5.71. The first-order chi connectivity index (χ1) is 9.56. The van der Waals surface area contributed by atoms with Gasteiger partial charge < -0.3 is 5.32 Å². The number of nitrogens with zero attached hydrogens (tertiary/aromatic N) is 1. The first-order valence-corrected chi connectivity index (χ1v) is 7.73. The van der Waals surface area contributed by atoms with Crippen molar-refractivity contribution < 1.29 is 0 Å². The van der Waals surface area contributed by atoms with Gasteiger partial charge in [-0.25, -0.2) is 0 Å². The van der Waals surface area contributed by atoms with Crippen LogP contribution in [0.3, 0.4) is 0 Å². The molecule has 1 aromatic carbocycles. The highest BCUT2D eigenvalue weighted by molar-refractivity contribution is 5.25. The molecular formula is C18H30N2. The third-order valence-electron chi connectivity index (χ3n) is 3.60. The van der Waals surface area contributed by atoms with Crippen molar-refractivity contribution >= 4 is 0 Å². The highest BCUT2D eigenvalue weighted by atomic mass is 15.1. The Hall–Kier alpha value is -1.12. The summed E-state index contributed by atoms with van der Waals surface area (Å²) in [5, 5.41) is 3.41. The number of benzene rings is 1. The van der Waals surface area contributed by atoms with Gasteiger partial charge in [0.05, 0.1) is 0 Å². The summed E-state index contributed by atoms with van der Waals surface area (Å²) in [5.74, 6) is 0.571. The number of hydrogen-bond donors (Lipinski definition) is 1. The molecule has 1 N–H and O–H groups in total. The molecule has 0 aliphatic rings. The lowest BCUT2D eigenvalue weighted by Gasteiger charge is -2.21. The summed E-state index contributed by atoms with van der Waals surface area (Å²) in [4.78, 5) is 2.42. The van der Waals surface area contributed by atoms with E-state index >= 15 is 0 Å². The zero-order chi connectivity index (χ0) is 15.0. The van der Waals surface area contributed by atoms with E-state index in [0.717, 1.165) is 32.7 Å². The van der Waals surface area contributed by atoms with Crippen LogP contribution in [0.25, 0.3) is 0 Å². The Morgan fingerprint density at radius 1 is 1.25 bits per heavy atom. The van der Waals surface area contributed by atoms with Crippen LogP contribution in [0.1, 0.15) is 44.7 Å². The van der Waals surface area contributed by atoms with Crippen LogP contribution in [0.4, 0.5) is 0 Å². The Morgan fingerprint density at radius 2 is 1.90 bits per heavy atom. The van der Waals surface area contributed by atoms with Gasteiger partial charge in [-0.15, -0.1) is 0 Å². The molecule has 20 heavy (non-hydrogen) atoms. The van der Waals surface area contributed by atoms with Crippen molar-refractivity contribution in [3.8, 4) is 0 Å². The quantitative estimate of drug-likeness (QED) is 0.689. The molecule has 1 aromatic rings. The maximum atomic E-state index is 4.00. The maximum Gasteiger partial charge on any atom is 0.0237 e.